The van der Waals surface area contributed by atoms with Gasteiger partial charge in [0.05, 0.1) is 12.5 Å². The highest BCUT2D eigenvalue weighted by atomic mass is 35.5. The molecule has 0 saturated carbocycles. The lowest BCUT2D eigenvalue weighted by atomic mass is 10.1. The summed E-state index contributed by atoms with van der Waals surface area (Å²) in [4.78, 5) is 12.3. The number of rotatable bonds is 4. The zero-order valence-corrected chi connectivity index (χ0v) is 14.3. The Kier molecular flexibility index (Phi) is 4.87. The minimum absolute atomic E-state index is 0.216. The third-order valence-corrected chi connectivity index (χ3v) is 4.19. The number of carbonyl (C=O) groups is 1. The Morgan fingerprint density at radius 3 is 2.60 bits per heavy atom. The van der Waals surface area contributed by atoms with Crippen LogP contribution in [0.1, 0.15) is 21.7 Å². The molecule has 1 amide bonds. The van der Waals surface area contributed by atoms with Gasteiger partial charge in [0.1, 0.15) is 5.76 Å². The molecule has 25 heavy (non-hydrogen) atoms. The number of halogens is 1. The molecular formula is C20H15ClN2O2. The van der Waals surface area contributed by atoms with Crippen molar-refractivity contribution >= 4 is 23.2 Å². The average molecular weight is 351 g/mol. The second-order valence-corrected chi connectivity index (χ2v) is 6.02. The van der Waals surface area contributed by atoms with Crippen molar-refractivity contribution in [3.63, 3.8) is 0 Å². The first-order chi connectivity index (χ1) is 12.1. The second-order valence-electron chi connectivity index (χ2n) is 5.61. The fourth-order valence-electron chi connectivity index (χ4n) is 2.35. The van der Waals surface area contributed by atoms with Gasteiger partial charge in [0.25, 0.3) is 5.91 Å². The Balaban J connectivity index is 1.74. The number of amides is 1. The maximum Gasteiger partial charge on any atom is 0.291 e. The van der Waals surface area contributed by atoms with Crippen LogP contribution in [0.4, 0.5) is 5.69 Å². The molecule has 0 radical (unpaired) electrons. The zero-order chi connectivity index (χ0) is 17.8. The van der Waals surface area contributed by atoms with Gasteiger partial charge in [-0.25, -0.2) is 0 Å². The van der Waals surface area contributed by atoms with E-state index in [1.165, 1.54) is 0 Å². The maximum absolute atomic E-state index is 12.3. The van der Waals surface area contributed by atoms with E-state index in [1.807, 2.05) is 25.1 Å². The molecule has 0 fully saturated rings. The van der Waals surface area contributed by atoms with E-state index in [2.05, 4.69) is 11.4 Å². The molecule has 1 aromatic heterocycles. The molecule has 0 aliphatic rings. The van der Waals surface area contributed by atoms with Crippen LogP contribution in [-0.2, 0) is 6.42 Å². The first-order valence-electron chi connectivity index (χ1n) is 7.70. The molecular weight excluding hydrogens is 336 g/mol. The van der Waals surface area contributed by atoms with Crippen molar-refractivity contribution in [3.05, 3.63) is 76.5 Å². The van der Waals surface area contributed by atoms with E-state index in [4.69, 9.17) is 21.3 Å². The lowest BCUT2D eigenvalue weighted by Gasteiger charge is -2.04. The summed E-state index contributed by atoms with van der Waals surface area (Å²) in [5.74, 6) is 0.460. The maximum atomic E-state index is 12.3. The highest BCUT2D eigenvalue weighted by Crippen LogP contribution is 2.27. The summed E-state index contributed by atoms with van der Waals surface area (Å²) in [5, 5.41) is 12.1. The van der Waals surface area contributed by atoms with E-state index < -0.39 is 0 Å². The van der Waals surface area contributed by atoms with Gasteiger partial charge in [0, 0.05) is 16.3 Å². The van der Waals surface area contributed by atoms with Crippen LogP contribution in [0.25, 0.3) is 11.3 Å². The van der Waals surface area contributed by atoms with E-state index in [-0.39, 0.29) is 11.7 Å². The van der Waals surface area contributed by atoms with Crippen molar-refractivity contribution in [2.24, 2.45) is 0 Å². The highest BCUT2D eigenvalue weighted by Gasteiger charge is 2.13. The minimum Gasteiger partial charge on any atom is -0.451 e. The van der Waals surface area contributed by atoms with Gasteiger partial charge in [-0.05, 0) is 48.4 Å². The molecule has 1 heterocycles. The first-order valence-corrected chi connectivity index (χ1v) is 8.08. The SMILES string of the molecule is Cc1ccc(-c2ccc(C(=O)Nc3ccc(CC#N)cc3)o2)cc1Cl. The normalized spacial score (nSPS) is 10.3. The number of aryl methyl sites for hydroxylation is 1. The minimum atomic E-state index is -0.336. The summed E-state index contributed by atoms with van der Waals surface area (Å²) >= 11 is 6.13. The molecule has 0 unspecified atom stereocenters. The standard InChI is InChI=1S/C20H15ClN2O2/c1-13-2-5-15(12-17(13)21)18-8-9-19(25-18)20(24)23-16-6-3-14(4-7-16)10-11-22/h2-9,12H,10H2,1H3,(H,23,24). The lowest BCUT2D eigenvalue weighted by Crippen LogP contribution is -2.10. The fourth-order valence-corrected chi connectivity index (χ4v) is 2.53. The predicted octanol–water partition coefficient (Wildman–Crippen LogP) is 5.23. The van der Waals surface area contributed by atoms with Crippen molar-refractivity contribution in [1.82, 2.24) is 0 Å². The van der Waals surface area contributed by atoms with E-state index in [1.54, 1.807) is 36.4 Å². The number of anilines is 1. The molecule has 0 atom stereocenters. The van der Waals surface area contributed by atoms with Gasteiger partial charge >= 0.3 is 0 Å². The molecule has 3 aromatic rings. The van der Waals surface area contributed by atoms with Crippen molar-refractivity contribution in [1.29, 1.82) is 5.26 Å². The molecule has 0 aliphatic heterocycles. The Hall–Kier alpha value is -3.03. The van der Waals surface area contributed by atoms with Crippen LogP contribution >= 0.6 is 11.6 Å². The van der Waals surface area contributed by atoms with Crippen molar-refractivity contribution in [2.75, 3.05) is 5.32 Å². The van der Waals surface area contributed by atoms with Gasteiger partial charge in [0.2, 0.25) is 0 Å². The topological polar surface area (TPSA) is 66.0 Å². The molecule has 0 bridgehead atoms. The van der Waals surface area contributed by atoms with E-state index in [0.717, 1.165) is 16.7 Å². The van der Waals surface area contributed by atoms with Crippen LogP contribution in [0, 0.1) is 18.3 Å². The molecule has 0 saturated heterocycles. The number of carbonyl (C=O) groups excluding carboxylic acids is 1. The Morgan fingerprint density at radius 2 is 1.92 bits per heavy atom. The highest BCUT2D eigenvalue weighted by molar-refractivity contribution is 6.31. The molecule has 4 nitrogen and oxygen atoms in total. The molecule has 2 aromatic carbocycles. The summed E-state index contributed by atoms with van der Waals surface area (Å²) in [6, 6.07) is 18.2. The number of nitrogens with one attached hydrogen (secondary N) is 1. The third kappa shape index (κ3) is 3.90. The van der Waals surface area contributed by atoms with Gasteiger partial charge in [-0.3, -0.25) is 4.79 Å². The monoisotopic (exact) mass is 350 g/mol. The van der Waals surface area contributed by atoms with E-state index in [0.29, 0.717) is 22.9 Å². The number of furan rings is 1. The van der Waals surface area contributed by atoms with Crippen molar-refractivity contribution in [3.8, 4) is 17.4 Å². The van der Waals surface area contributed by atoms with Crippen LogP contribution < -0.4 is 5.32 Å². The molecule has 0 aliphatic carbocycles. The number of hydrogen-bond donors (Lipinski definition) is 1. The molecule has 1 N–H and O–H groups in total. The van der Waals surface area contributed by atoms with Crippen molar-refractivity contribution < 1.29 is 9.21 Å². The summed E-state index contributed by atoms with van der Waals surface area (Å²) in [6.07, 6.45) is 0.342. The van der Waals surface area contributed by atoms with Crippen LogP contribution in [-0.4, -0.2) is 5.91 Å². The molecule has 0 spiro atoms. The number of nitriles is 1. The van der Waals surface area contributed by atoms with Gasteiger partial charge in [-0.2, -0.15) is 5.26 Å². The van der Waals surface area contributed by atoms with Crippen LogP contribution in [0.2, 0.25) is 5.02 Å². The van der Waals surface area contributed by atoms with Crippen molar-refractivity contribution in [2.45, 2.75) is 13.3 Å². The summed E-state index contributed by atoms with van der Waals surface area (Å²) < 4.78 is 5.65. The average Bonchev–Trinajstić information content (AvgIpc) is 3.09. The van der Waals surface area contributed by atoms with Crippen LogP contribution in [0.3, 0.4) is 0 Å². The van der Waals surface area contributed by atoms with E-state index in [9.17, 15) is 4.79 Å². The number of nitrogens with zero attached hydrogens (tertiary/aromatic N) is 1. The Bertz CT molecular complexity index is 953. The largest absolute Gasteiger partial charge is 0.451 e. The van der Waals surface area contributed by atoms with E-state index >= 15 is 0 Å². The number of benzene rings is 2. The summed E-state index contributed by atoms with van der Waals surface area (Å²) in [5.41, 5.74) is 3.34. The van der Waals surface area contributed by atoms with Crippen LogP contribution in [0.5, 0.6) is 0 Å². The first kappa shape index (κ1) is 16.8. The molecule has 3 rings (SSSR count). The fraction of sp³-hybridized carbons (Fsp3) is 0.100. The third-order valence-electron chi connectivity index (χ3n) is 3.78. The predicted molar refractivity (Wildman–Crippen MR) is 97.6 cm³/mol. The Morgan fingerprint density at radius 1 is 1.16 bits per heavy atom. The van der Waals surface area contributed by atoms with Gasteiger partial charge in [-0.1, -0.05) is 35.9 Å². The second kappa shape index (κ2) is 7.25. The van der Waals surface area contributed by atoms with Crippen LogP contribution in [0.15, 0.2) is 59.0 Å². The van der Waals surface area contributed by atoms with Gasteiger partial charge in [-0.15, -0.1) is 0 Å². The number of hydrogen-bond acceptors (Lipinski definition) is 3. The van der Waals surface area contributed by atoms with Gasteiger partial charge in [0.15, 0.2) is 5.76 Å². The molecule has 5 heteroatoms. The summed E-state index contributed by atoms with van der Waals surface area (Å²) in [6.45, 7) is 1.93. The van der Waals surface area contributed by atoms with Gasteiger partial charge < -0.3 is 9.73 Å². The lowest BCUT2D eigenvalue weighted by molar-refractivity contribution is 0.0997. The zero-order valence-electron chi connectivity index (χ0n) is 13.5. The summed E-state index contributed by atoms with van der Waals surface area (Å²) in [7, 11) is 0. The Labute approximate surface area is 150 Å². The molecule has 124 valence electrons. The smallest absolute Gasteiger partial charge is 0.291 e. The quantitative estimate of drug-likeness (QED) is 0.700.